The molecular weight excluding hydrogens is 524 g/mol. The molecule has 6 nitrogen and oxygen atoms in total. The number of unbranched alkanes of at least 4 members (excludes halogenated alkanes) is 5. The minimum Gasteiger partial charge on any atom is -0.462 e. The first-order valence-corrected chi connectivity index (χ1v) is 16.9. The van der Waals surface area contributed by atoms with Crippen molar-refractivity contribution in [3.63, 3.8) is 0 Å². The largest absolute Gasteiger partial charge is 0.462 e. The third-order valence-corrected chi connectivity index (χ3v) is 9.28. The fourth-order valence-corrected chi connectivity index (χ4v) is 9.91. The zero-order valence-corrected chi connectivity index (χ0v) is 30.2. The number of rotatable bonds is 11. The van der Waals surface area contributed by atoms with Crippen LogP contribution in [0.1, 0.15) is 174 Å². The van der Waals surface area contributed by atoms with Crippen molar-refractivity contribution in [2.75, 3.05) is 0 Å². The molecule has 0 amide bonds. The maximum Gasteiger partial charge on any atom is 0.306 e. The second-order valence-electron chi connectivity index (χ2n) is 17.9. The van der Waals surface area contributed by atoms with Gasteiger partial charge < -0.3 is 9.47 Å². The third-order valence-electron chi connectivity index (χ3n) is 9.28. The lowest BCUT2D eigenvalue weighted by Gasteiger charge is -2.60. The van der Waals surface area contributed by atoms with Crippen LogP contribution in [0.4, 0.5) is 0 Å². The second kappa shape index (κ2) is 13.5. The lowest BCUT2D eigenvalue weighted by molar-refractivity contribution is -0.169. The first-order valence-electron chi connectivity index (χ1n) is 16.9. The molecule has 2 heterocycles. The molecule has 2 saturated heterocycles. The van der Waals surface area contributed by atoms with E-state index < -0.39 is 0 Å². The Balaban J connectivity index is 1.63. The zero-order valence-electron chi connectivity index (χ0n) is 30.2. The topological polar surface area (TPSA) is 59.1 Å². The average Bonchev–Trinajstić information content (AvgIpc) is 2.69. The van der Waals surface area contributed by atoms with E-state index in [2.05, 4.69) is 107 Å². The van der Waals surface area contributed by atoms with Crippen molar-refractivity contribution in [3.8, 4) is 0 Å². The summed E-state index contributed by atoms with van der Waals surface area (Å²) >= 11 is 0. The van der Waals surface area contributed by atoms with Gasteiger partial charge in [-0.1, -0.05) is 25.7 Å². The van der Waals surface area contributed by atoms with Gasteiger partial charge in [-0.05, 0) is 110 Å². The number of likely N-dealkylation sites (tertiary alicyclic amines) is 2. The number of ether oxygens (including phenoxy) is 2. The summed E-state index contributed by atoms with van der Waals surface area (Å²) in [7, 11) is 0. The van der Waals surface area contributed by atoms with E-state index in [0.29, 0.717) is 12.8 Å². The highest BCUT2D eigenvalue weighted by atomic mass is 16.5. The van der Waals surface area contributed by atoms with Gasteiger partial charge in [-0.3, -0.25) is 19.4 Å². The highest BCUT2D eigenvalue weighted by Gasteiger charge is 2.51. The molecular formula is C36H68N2O4. The van der Waals surface area contributed by atoms with Gasteiger partial charge >= 0.3 is 11.9 Å². The van der Waals surface area contributed by atoms with Crippen LogP contribution in [0, 0.1) is 0 Å². The molecule has 0 saturated carbocycles. The van der Waals surface area contributed by atoms with Crippen LogP contribution in [0.25, 0.3) is 0 Å². The molecule has 0 aromatic rings. The van der Waals surface area contributed by atoms with Crippen LogP contribution in [0.15, 0.2) is 0 Å². The Kier molecular flexibility index (Phi) is 11.9. The van der Waals surface area contributed by atoms with Crippen molar-refractivity contribution in [3.05, 3.63) is 0 Å². The van der Waals surface area contributed by atoms with Gasteiger partial charge in [0.2, 0.25) is 0 Å². The standard InChI is InChI=1S/C36H68N2O4/c1-31(2,3)37-33(7,8)23-27(24-34(37,9)10)41-29(39)21-19-17-15-16-18-20-22-30(40)42-28-25-35(11,12)38(32(4,5)6)36(13,14)26-28/h27-28H,15-26H2,1-14H3. The normalized spacial score (nSPS) is 23.5. The molecule has 246 valence electrons. The Bertz CT molecular complexity index is 796. The van der Waals surface area contributed by atoms with Crippen LogP contribution in [0.2, 0.25) is 0 Å². The van der Waals surface area contributed by atoms with Gasteiger partial charge in [0.1, 0.15) is 12.2 Å². The molecule has 0 aromatic carbocycles. The highest BCUT2D eigenvalue weighted by Crippen LogP contribution is 2.45. The summed E-state index contributed by atoms with van der Waals surface area (Å²) < 4.78 is 12.0. The monoisotopic (exact) mass is 593 g/mol. The molecule has 2 fully saturated rings. The molecule has 0 aliphatic carbocycles. The average molecular weight is 593 g/mol. The molecule has 0 aromatic heterocycles. The minimum absolute atomic E-state index is 0.0240. The summed E-state index contributed by atoms with van der Waals surface area (Å²) in [5.41, 5.74) is -0.0209. The first-order chi connectivity index (χ1) is 18.9. The second-order valence-corrected chi connectivity index (χ2v) is 17.9. The molecule has 2 aliphatic rings. The van der Waals surface area contributed by atoms with Crippen LogP contribution in [-0.4, -0.2) is 67.2 Å². The van der Waals surface area contributed by atoms with E-state index in [1.165, 1.54) is 0 Å². The Labute approximate surface area is 260 Å². The predicted octanol–water partition coefficient (Wildman–Crippen LogP) is 8.83. The molecule has 42 heavy (non-hydrogen) atoms. The molecule has 0 spiro atoms. The Hall–Kier alpha value is -1.14. The zero-order chi connectivity index (χ0) is 32.4. The van der Waals surface area contributed by atoms with Crippen LogP contribution in [0.5, 0.6) is 0 Å². The smallest absolute Gasteiger partial charge is 0.306 e. The van der Waals surface area contributed by atoms with Crippen molar-refractivity contribution in [2.45, 2.75) is 219 Å². The molecule has 2 rings (SSSR count). The maximum absolute atomic E-state index is 12.6. The fraction of sp³-hybridized carbons (Fsp3) is 0.944. The van der Waals surface area contributed by atoms with Crippen LogP contribution in [0.3, 0.4) is 0 Å². The van der Waals surface area contributed by atoms with E-state index in [4.69, 9.17) is 9.47 Å². The minimum atomic E-state index is -0.0572. The number of hydrogen-bond acceptors (Lipinski definition) is 6. The van der Waals surface area contributed by atoms with Crippen LogP contribution in [-0.2, 0) is 19.1 Å². The first kappa shape index (κ1) is 37.0. The van der Waals surface area contributed by atoms with E-state index in [9.17, 15) is 9.59 Å². The Morgan fingerprint density at radius 1 is 0.524 bits per heavy atom. The van der Waals surface area contributed by atoms with Gasteiger partial charge in [0.25, 0.3) is 0 Å². The molecule has 2 aliphatic heterocycles. The van der Waals surface area contributed by atoms with E-state index >= 15 is 0 Å². The summed E-state index contributed by atoms with van der Waals surface area (Å²) in [5, 5.41) is 0. The van der Waals surface area contributed by atoms with E-state index in [1.807, 2.05) is 0 Å². The van der Waals surface area contributed by atoms with Crippen molar-refractivity contribution in [2.24, 2.45) is 0 Å². The van der Waals surface area contributed by atoms with Gasteiger partial charge in [0.15, 0.2) is 0 Å². The van der Waals surface area contributed by atoms with E-state index in [1.54, 1.807) is 0 Å². The maximum atomic E-state index is 12.6. The number of hydrogen-bond donors (Lipinski definition) is 0. The number of piperidine rings is 2. The van der Waals surface area contributed by atoms with Gasteiger partial charge in [0.05, 0.1) is 0 Å². The summed E-state index contributed by atoms with van der Waals surface area (Å²) in [6, 6.07) is 0. The number of esters is 2. The Morgan fingerprint density at radius 2 is 0.762 bits per heavy atom. The number of carbonyl (C=O) groups excluding carboxylic acids is 2. The third kappa shape index (κ3) is 10.2. The molecule has 0 radical (unpaired) electrons. The van der Waals surface area contributed by atoms with E-state index in [-0.39, 0.29) is 57.4 Å². The highest BCUT2D eigenvalue weighted by molar-refractivity contribution is 5.70. The van der Waals surface area contributed by atoms with E-state index in [0.717, 1.165) is 64.2 Å². The van der Waals surface area contributed by atoms with Crippen LogP contribution < -0.4 is 0 Å². The van der Waals surface area contributed by atoms with Crippen molar-refractivity contribution in [1.82, 2.24) is 9.80 Å². The van der Waals surface area contributed by atoms with Gasteiger partial charge in [-0.2, -0.15) is 0 Å². The lowest BCUT2D eigenvalue weighted by atomic mass is 9.74. The van der Waals surface area contributed by atoms with Gasteiger partial charge in [-0.15, -0.1) is 0 Å². The summed E-state index contributed by atoms with van der Waals surface area (Å²) in [4.78, 5) is 30.5. The fourth-order valence-electron chi connectivity index (χ4n) is 9.91. The van der Waals surface area contributed by atoms with Crippen molar-refractivity contribution in [1.29, 1.82) is 0 Å². The SMILES string of the molecule is CC(C)(C)N1C(C)(C)CC(OC(=O)CCCCCCCCC(=O)OC2CC(C)(C)N(C(C)(C)C)C(C)(C)C2)CC1(C)C. The molecule has 0 atom stereocenters. The summed E-state index contributed by atoms with van der Waals surface area (Å²) in [6.07, 6.45) is 10.4. The summed E-state index contributed by atoms with van der Waals surface area (Å²) in [6.45, 7) is 31.8. The Morgan fingerprint density at radius 3 is 1.00 bits per heavy atom. The predicted molar refractivity (Wildman–Crippen MR) is 175 cm³/mol. The molecule has 6 heteroatoms. The quantitative estimate of drug-likeness (QED) is 0.176. The number of nitrogens with zero attached hydrogens (tertiary/aromatic N) is 2. The lowest BCUT2D eigenvalue weighted by Crippen LogP contribution is -2.68. The van der Waals surface area contributed by atoms with Crippen molar-refractivity contribution >= 4 is 11.9 Å². The number of carbonyl (C=O) groups is 2. The van der Waals surface area contributed by atoms with Gasteiger partial charge in [0, 0.05) is 71.8 Å². The van der Waals surface area contributed by atoms with Gasteiger partial charge in [-0.25, -0.2) is 0 Å². The molecule has 0 N–H and O–H groups in total. The summed E-state index contributed by atoms with van der Waals surface area (Å²) in [5.74, 6) is -0.114. The van der Waals surface area contributed by atoms with Crippen molar-refractivity contribution < 1.29 is 19.1 Å². The molecule has 0 bridgehead atoms. The van der Waals surface area contributed by atoms with Crippen LogP contribution >= 0.6 is 0 Å². The molecule has 0 unspecified atom stereocenters.